The van der Waals surface area contributed by atoms with Gasteiger partial charge in [0, 0.05) is 49.7 Å². The zero-order chi connectivity index (χ0) is 35.0. The summed E-state index contributed by atoms with van der Waals surface area (Å²) in [6.07, 6.45) is -0.266. The van der Waals surface area contributed by atoms with E-state index in [9.17, 15) is 5.26 Å². The number of nitrogens with two attached hydrogens (primary N) is 1. The Morgan fingerprint density at radius 3 is 2.21 bits per heavy atom. The van der Waals surface area contributed by atoms with Crippen molar-refractivity contribution >= 4 is 53.3 Å². The van der Waals surface area contributed by atoms with Crippen LogP contribution in [0.2, 0.25) is 0 Å². The van der Waals surface area contributed by atoms with Crippen LogP contribution >= 0.6 is 11.3 Å². The lowest BCUT2D eigenvalue weighted by Gasteiger charge is -2.29. The van der Waals surface area contributed by atoms with E-state index in [1.165, 1.54) is 47.6 Å². The predicted molar refractivity (Wildman–Crippen MR) is 216 cm³/mol. The lowest BCUT2D eigenvalue weighted by molar-refractivity contribution is 0.158. The molecule has 9 rings (SSSR count). The highest BCUT2D eigenvalue weighted by Gasteiger charge is 2.20. The minimum absolute atomic E-state index is 0.266. The first kappa shape index (κ1) is 31.9. The number of hydrogen-bond acceptors (Lipinski definition) is 5. The number of fused-ring (bicyclic) bond motifs is 6. The first-order valence-electron chi connectivity index (χ1n) is 17.5. The number of rotatable bonds is 9. The zero-order valence-corrected chi connectivity index (χ0v) is 29.2. The van der Waals surface area contributed by atoms with Crippen molar-refractivity contribution in [2.75, 3.05) is 0 Å². The topological polar surface area (TPSA) is 70.0 Å². The zero-order valence-electron chi connectivity index (χ0n) is 28.4. The van der Waals surface area contributed by atoms with Gasteiger partial charge in [0.1, 0.15) is 0 Å². The van der Waals surface area contributed by atoms with Gasteiger partial charge in [-0.2, -0.15) is 5.26 Å². The number of benzene rings is 7. The molecule has 0 aliphatic carbocycles. The van der Waals surface area contributed by atoms with Crippen LogP contribution in [0.25, 0.3) is 58.8 Å². The average molecular weight is 690 g/mol. The Kier molecular flexibility index (Phi) is 8.32. The maximum Gasteiger partial charge on any atom is 0.0996 e. The van der Waals surface area contributed by atoms with Crippen LogP contribution in [0.4, 0.5) is 0 Å². The smallest absolute Gasteiger partial charge is 0.0996 e. The second-order valence-corrected chi connectivity index (χ2v) is 14.3. The van der Waals surface area contributed by atoms with Gasteiger partial charge in [-0.25, -0.2) is 5.01 Å². The number of nitrogens with one attached hydrogen (secondary N) is 1. The quantitative estimate of drug-likeness (QED) is 0.0899. The Labute approximate surface area is 306 Å². The lowest BCUT2D eigenvalue weighted by Crippen LogP contribution is -2.42. The van der Waals surface area contributed by atoms with Gasteiger partial charge in [0.25, 0.3) is 0 Å². The molecule has 0 bridgehead atoms. The SMILES string of the molecule is N#Cc1cccc(CNC(c2ccc(-n3c4ccccc4c4cc(-c5cccc6c5sc5ccccc56)ccc43)cc2)N(N)Cc2ccccc2)c1. The first-order chi connectivity index (χ1) is 25.6. The highest BCUT2D eigenvalue weighted by atomic mass is 32.1. The van der Waals surface area contributed by atoms with E-state index in [-0.39, 0.29) is 6.17 Å². The Morgan fingerprint density at radius 2 is 1.37 bits per heavy atom. The third-order valence-electron chi connectivity index (χ3n) is 9.95. The van der Waals surface area contributed by atoms with Crippen molar-refractivity contribution < 1.29 is 0 Å². The fourth-order valence-electron chi connectivity index (χ4n) is 7.48. The third-order valence-corrected chi connectivity index (χ3v) is 11.2. The van der Waals surface area contributed by atoms with Crippen LogP contribution in [0.15, 0.2) is 164 Å². The molecule has 5 nitrogen and oxygen atoms in total. The molecular weight excluding hydrogens is 655 g/mol. The van der Waals surface area contributed by atoms with Gasteiger partial charge in [0.05, 0.1) is 28.8 Å². The standard InChI is InChI=1S/C46H35N5S/c47-28-32-12-8-13-33(26-32)29-49-46(50(48)30-31-10-2-1-3-11-31)34-20-23-36(24-21-34)51-42-18-6-4-14-38(42)41-27-35(22-25-43(41)51)37-16-9-17-40-39-15-5-7-19-44(39)52-45(37)40/h1-27,46,49H,29-30,48H2. The molecule has 0 fully saturated rings. The average Bonchev–Trinajstić information content (AvgIpc) is 3.74. The van der Waals surface area contributed by atoms with Crippen molar-refractivity contribution in [3.63, 3.8) is 0 Å². The molecule has 1 unspecified atom stereocenters. The van der Waals surface area contributed by atoms with Gasteiger partial charge >= 0.3 is 0 Å². The van der Waals surface area contributed by atoms with Crippen LogP contribution in [0.1, 0.15) is 28.4 Å². The molecule has 0 aliphatic heterocycles. The van der Waals surface area contributed by atoms with E-state index in [1.807, 2.05) is 58.8 Å². The molecule has 6 heteroatoms. The van der Waals surface area contributed by atoms with Gasteiger partial charge in [0.15, 0.2) is 0 Å². The van der Waals surface area contributed by atoms with E-state index < -0.39 is 0 Å². The van der Waals surface area contributed by atoms with Crippen LogP contribution < -0.4 is 11.2 Å². The molecule has 2 aromatic heterocycles. The molecule has 0 saturated carbocycles. The molecule has 250 valence electrons. The van der Waals surface area contributed by atoms with Crippen LogP contribution in [0, 0.1) is 11.3 Å². The van der Waals surface area contributed by atoms with E-state index in [4.69, 9.17) is 5.84 Å². The van der Waals surface area contributed by atoms with Crippen molar-refractivity contribution in [2.24, 2.45) is 5.84 Å². The fourth-order valence-corrected chi connectivity index (χ4v) is 8.71. The summed E-state index contributed by atoms with van der Waals surface area (Å²) in [6, 6.07) is 59.8. The normalized spacial score (nSPS) is 12.2. The predicted octanol–water partition coefficient (Wildman–Crippen LogP) is 10.9. The maximum atomic E-state index is 9.43. The molecule has 2 heterocycles. The first-order valence-corrected chi connectivity index (χ1v) is 18.3. The Hall–Kier alpha value is -6.07. The molecule has 9 aromatic rings. The van der Waals surface area contributed by atoms with Crippen molar-refractivity contribution in [2.45, 2.75) is 19.3 Å². The third kappa shape index (κ3) is 5.82. The second kappa shape index (κ2) is 13.6. The van der Waals surface area contributed by atoms with E-state index >= 15 is 0 Å². The molecule has 7 aromatic carbocycles. The number of hydrazine groups is 1. The van der Waals surface area contributed by atoms with Gasteiger partial charge < -0.3 is 4.57 Å². The highest BCUT2D eigenvalue weighted by Crippen LogP contribution is 2.42. The molecule has 0 amide bonds. The number of para-hydroxylation sites is 1. The molecule has 1 atom stereocenters. The molecule has 3 N–H and O–H groups in total. The van der Waals surface area contributed by atoms with Gasteiger partial charge in [-0.05, 0) is 76.3 Å². The van der Waals surface area contributed by atoms with Gasteiger partial charge in [0.2, 0.25) is 0 Å². The monoisotopic (exact) mass is 689 g/mol. The van der Waals surface area contributed by atoms with E-state index in [1.54, 1.807) is 0 Å². The summed E-state index contributed by atoms with van der Waals surface area (Å²) in [7, 11) is 0. The summed E-state index contributed by atoms with van der Waals surface area (Å²) < 4.78 is 5.00. The van der Waals surface area contributed by atoms with Crippen LogP contribution in [0.5, 0.6) is 0 Å². The minimum Gasteiger partial charge on any atom is -0.309 e. The van der Waals surface area contributed by atoms with Crippen molar-refractivity contribution in [3.05, 3.63) is 186 Å². The van der Waals surface area contributed by atoms with Crippen LogP contribution in [-0.4, -0.2) is 9.58 Å². The van der Waals surface area contributed by atoms with Crippen molar-refractivity contribution in [3.8, 4) is 22.9 Å². The fraction of sp³-hybridized carbons (Fsp3) is 0.0652. The van der Waals surface area contributed by atoms with Gasteiger partial charge in [-0.1, -0.05) is 115 Å². The number of nitrogens with zero attached hydrogens (tertiary/aromatic N) is 3. The molecule has 0 saturated heterocycles. The summed E-state index contributed by atoms with van der Waals surface area (Å²) in [5, 5.41) is 20.0. The lowest BCUT2D eigenvalue weighted by atomic mass is 10.0. The highest BCUT2D eigenvalue weighted by molar-refractivity contribution is 7.26. The van der Waals surface area contributed by atoms with Crippen molar-refractivity contribution in [1.29, 1.82) is 5.26 Å². The minimum atomic E-state index is -0.266. The molecular formula is C46H35N5S. The number of nitriles is 1. The Morgan fingerprint density at radius 1 is 0.654 bits per heavy atom. The molecule has 0 aliphatic rings. The Balaban J connectivity index is 1.09. The number of thiophene rings is 1. The summed E-state index contributed by atoms with van der Waals surface area (Å²) in [5.41, 5.74) is 9.76. The molecule has 52 heavy (non-hydrogen) atoms. The van der Waals surface area contributed by atoms with E-state index in [0.717, 1.165) is 27.9 Å². The summed E-state index contributed by atoms with van der Waals surface area (Å²) >= 11 is 1.87. The van der Waals surface area contributed by atoms with Crippen LogP contribution in [0.3, 0.4) is 0 Å². The van der Waals surface area contributed by atoms with Gasteiger partial charge in [-0.15, -0.1) is 11.3 Å². The van der Waals surface area contributed by atoms with Crippen LogP contribution in [-0.2, 0) is 13.1 Å². The summed E-state index contributed by atoms with van der Waals surface area (Å²) in [4.78, 5) is 0. The largest absolute Gasteiger partial charge is 0.309 e. The molecule has 0 spiro atoms. The Bertz CT molecular complexity index is 2760. The number of aromatic nitrogens is 1. The van der Waals surface area contributed by atoms with E-state index in [0.29, 0.717) is 18.7 Å². The van der Waals surface area contributed by atoms with E-state index in [2.05, 4.69) is 137 Å². The molecule has 0 radical (unpaired) electrons. The summed E-state index contributed by atoms with van der Waals surface area (Å²) in [6.45, 7) is 1.14. The second-order valence-electron chi connectivity index (χ2n) is 13.2. The van der Waals surface area contributed by atoms with Crippen molar-refractivity contribution in [1.82, 2.24) is 14.9 Å². The maximum absolute atomic E-state index is 9.43. The summed E-state index contributed by atoms with van der Waals surface area (Å²) in [5.74, 6) is 6.82. The van der Waals surface area contributed by atoms with Gasteiger partial charge in [-0.3, -0.25) is 11.2 Å². The number of hydrogen-bond donors (Lipinski definition) is 2.